The summed E-state index contributed by atoms with van der Waals surface area (Å²) in [5, 5.41) is 6.11. The first-order valence-electron chi connectivity index (χ1n) is 9.54. The molecule has 6 nitrogen and oxygen atoms in total. The predicted molar refractivity (Wildman–Crippen MR) is 118 cm³/mol. The predicted octanol–water partition coefficient (Wildman–Crippen LogP) is 4.37. The smallest absolute Gasteiger partial charge is 0.238 e. The minimum absolute atomic E-state index is 0.0516. The van der Waals surface area contributed by atoms with E-state index in [4.69, 9.17) is 16.3 Å². The molecule has 29 heavy (non-hydrogen) atoms. The lowest BCUT2D eigenvalue weighted by Crippen LogP contribution is -2.36. The van der Waals surface area contributed by atoms with Crippen LogP contribution in [0.4, 0.5) is 11.4 Å². The number of nitrogens with one attached hydrogen (secondary N) is 2. The van der Waals surface area contributed by atoms with Crippen LogP contribution in [0.25, 0.3) is 0 Å². The third kappa shape index (κ3) is 7.07. The molecule has 0 fully saturated rings. The van der Waals surface area contributed by atoms with Crippen LogP contribution in [0.15, 0.2) is 42.5 Å². The number of carbonyl (C=O) groups excluding carboxylic acids is 2. The number of rotatable bonds is 9. The molecular formula is C22H28ClN3O3. The van der Waals surface area contributed by atoms with Gasteiger partial charge in [0.25, 0.3) is 0 Å². The number of likely N-dealkylation sites (N-methyl/N-ethyl adjacent to an activating group) is 1. The fraction of sp³-hybridized carbons (Fsp3) is 0.364. The number of nitrogens with zero attached hydrogens (tertiary/aromatic N) is 1. The topological polar surface area (TPSA) is 70.7 Å². The number of methoxy groups -OCH3 is 1. The number of hydrogen-bond donors (Lipinski definition) is 2. The van der Waals surface area contributed by atoms with Crippen molar-refractivity contribution in [3.05, 3.63) is 53.1 Å². The van der Waals surface area contributed by atoms with Crippen molar-refractivity contribution in [1.82, 2.24) is 4.90 Å². The van der Waals surface area contributed by atoms with E-state index in [1.165, 1.54) is 12.7 Å². The molecule has 0 radical (unpaired) electrons. The van der Waals surface area contributed by atoms with Gasteiger partial charge < -0.3 is 15.4 Å². The van der Waals surface area contributed by atoms with Gasteiger partial charge in [0.1, 0.15) is 5.75 Å². The van der Waals surface area contributed by atoms with Crippen molar-refractivity contribution in [3.8, 4) is 5.75 Å². The van der Waals surface area contributed by atoms with Crippen molar-refractivity contribution in [3.63, 3.8) is 0 Å². The van der Waals surface area contributed by atoms with Gasteiger partial charge in [-0.2, -0.15) is 0 Å². The molecule has 2 N–H and O–H groups in total. The maximum absolute atomic E-state index is 12.3. The van der Waals surface area contributed by atoms with Crippen LogP contribution >= 0.6 is 11.6 Å². The summed E-state index contributed by atoms with van der Waals surface area (Å²) in [6.07, 6.45) is 1.07. The number of anilines is 2. The van der Waals surface area contributed by atoms with Crippen LogP contribution < -0.4 is 15.4 Å². The number of amides is 2. The summed E-state index contributed by atoms with van der Waals surface area (Å²) < 4.78 is 5.22. The Morgan fingerprint density at radius 3 is 2.28 bits per heavy atom. The largest absolute Gasteiger partial charge is 0.495 e. The highest BCUT2D eigenvalue weighted by atomic mass is 35.5. The molecule has 0 aromatic heterocycles. The van der Waals surface area contributed by atoms with Crippen molar-refractivity contribution < 1.29 is 14.3 Å². The number of ether oxygens (including phenoxy) is 1. The van der Waals surface area contributed by atoms with Crippen LogP contribution in [0.3, 0.4) is 0 Å². The van der Waals surface area contributed by atoms with E-state index in [0.717, 1.165) is 12.1 Å². The van der Waals surface area contributed by atoms with Crippen LogP contribution in [0.5, 0.6) is 5.75 Å². The van der Waals surface area contributed by atoms with E-state index >= 15 is 0 Å². The first-order valence-corrected chi connectivity index (χ1v) is 9.92. The lowest BCUT2D eigenvalue weighted by molar-refractivity contribution is -0.119. The van der Waals surface area contributed by atoms with Gasteiger partial charge in [0.15, 0.2) is 0 Å². The van der Waals surface area contributed by atoms with Gasteiger partial charge in [-0.25, -0.2) is 0 Å². The highest BCUT2D eigenvalue weighted by Crippen LogP contribution is 2.27. The lowest BCUT2D eigenvalue weighted by Gasteiger charge is -2.17. The molecule has 0 saturated carbocycles. The van der Waals surface area contributed by atoms with Gasteiger partial charge in [-0.1, -0.05) is 37.6 Å². The monoisotopic (exact) mass is 417 g/mol. The van der Waals surface area contributed by atoms with Crippen molar-refractivity contribution >= 4 is 34.8 Å². The third-order valence-electron chi connectivity index (χ3n) is 4.64. The fourth-order valence-corrected chi connectivity index (χ4v) is 3.02. The quantitative estimate of drug-likeness (QED) is 0.635. The Bertz CT molecular complexity index is 840. The maximum atomic E-state index is 12.3. The van der Waals surface area contributed by atoms with Gasteiger partial charge in [-0.3, -0.25) is 14.5 Å². The van der Waals surface area contributed by atoms with Gasteiger partial charge in [0, 0.05) is 10.7 Å². The summed E-state index contributed by atoms with van der Waals surface area (Å²) >= 11 is 5.97. The van der Waals surface area contributed by atoms with Gasteiger partial charge >= 0.3 is 0 Å². The first-order chi connectivity index (χ1) is 13.8. The van der Waals surface area contributed by atoms with Crippen molar-refractivity contribution in [1.29, 1.82) is 0 Å². The van der Waals surface area contributed by atoms with E-state index in [1.54, 1.807) is 30.1 Å². The van der Waals surface area contributed by atoms with E-state index < -0.39 is 0 Å². The molecular weight excluding hydrogens is 390 g/mol. The zero-order chi connectivity index (χ0) is 21.4. The summed E-state index contributed by atoms with van der Waals surface area (Å²) in [6.45, 7) is 4.46. The van der Waals surface area contributed by atoms with Crippen LogP contribution in [-0.2, 0) is 9.59 Å². The van der Waals surface area contributed by atoms with Crippen LogP contribution in [0.2, 0.25) is 5.02 Å². The third-order valence-corrected chi connectivity index (χ3v) is 4.87. The Hall–Kier alpha value is -2.57. The highest BCUT2D eigenvalue weighted by molar-refractivity contribution is 6.31. The molecule has 2 aromatic rings. The number of benzene rings is 2. The zero-order valence-corrected chi connectivity index (χ0v) is 18.0. The summed E-state index contributed by atoms with van der Waals surface area (Å²) in [5.41, 5.74) is 2.48. The first kappa shape index (κ1) is 22.7. The van der Waals surface area contributed by atoms with Gasteiger partial charge in [-0.15, -0.1) is 0 Å². The highest BCUT2D eigenvalue weighted by Gasteiger charge is 2.13. The lowest BCUT2D eigenvalue weighted by atomic mass is 9.99. The Morgan fingerprint density at radius 1 is 1.07 bits per heavy atom. The van der Waals surface area contributed by atoms with Gasteiger partial charge in [0.05, 0.1) is 25.9 Å². The summed E-state index contributed by atoms with van der Waals surface area (Å²) in [4.78, 5) is 26.2. The minimum atomic E-state index is -0.265. The van der Waals surface area contributed by atoms with E-state index in [2.05, 4.69) is 24.5 Å². The van der Waals surface area contributed by atoms with Gasteiger partial charge in [-0.05, 0) is 55.3 Å². The second-order valence-corrected chi connectivity index (χ2v) is 7.48. The molecule has 0 aliphatic rings. The average molecular weight is 418 g/mol. The number of carbonyl (C=O) groups is 2. The minimum Gasteiger partial charge on any atom is -0.495 e. The second-order valence-electron chi connectivity index (χ2n) is 7.04. The molecule has 0 aliphatic heterocycles. The molecule has 7 heteroatoms. The van der Waals surface area contributed by atoms with E-state index in [-0.39, 0.29) is 24.9 Å². The van der Waals surface area contributed by atoms with Crippen LogP contribution in [-0.4, -0.2) is 44.0 Å². The molecule has 0 spiro atoms. The molecule has 0 aliphatic carbocycles. The molecule has 0 unspecified atom stereocenters. The molecule has 2 aromatic carbocycles. The van der Waals surface area contributed by atoms with Crippen molar-refractivity contribution in [2.75, 3.05) is 37.9 Å². The Balaban J connectivity index is 1.85. The standard InChI is InChI=1S/C22H28ClN3O3/c1-5-15(2)16-6-9-18(10-7-16)24-21(27)13-26(3)14-22(28)25-19-12-17(23)8-11-20(19)29-4/h6-12,15H,5,13-14H2,1-4H3,(H,24,27)(H,25,28)/t15-/m0/s1. The normalized spacial score (nSPS) is 11.8. The molecule has 1 atom stereocenters. The van der Waals surface area contributed by atoms with Crippen molar-refractivity contribution in [2.24, 2.45) is 0 Å². The number of hydrogen-bond acceptors (Lipinski definition) is 4. The molecule has 0 bridgehead atoms. The summed E-state index contributed by atoms with van der Waals surface area (Å²) in [6, 6.07) is 12.8. The number of halogens is 1. The molecule has 2 rings (SSSR count). The SMILES string of the molecule is CC[C@H](C)c1ccc(NC(=O)CN(C)CC(=O)Nc2cc(Cl)ccc2OC)cc1. The molecule has 0 saturated heterocycles. The Kier molecular flexibility index (Phi) is 8.49. The van der Waals surface area contributed by atoms with Crippen LogP contribution in [0.1, 0.15) is 31.7 Å². The second kappa shape index (κ2) is 10.8. The zero-order valence-electron chi connectivity index (χ0n) is 17.3. The maximum Gasteiger partial charge on any atom is 0.238 e. The van der Waals surface area contributed by atoms with E-state index in [1.807, 2.05) is 24.3 Å². The summed E-state index contributed by atoms with van der Waals surface area (Å²) in [5.74, 6) is 0.558. The van der Waals surface area contributed by atoms with E-state index in [0.29, 0.717) is 22.4 Å². The molecule has 0 heterocycles. The van der Waals surface area contributed by atoms with Crippen molar-refractivity contribution in [2.45, 2.75) is 26.2 Å². The van der Waals surface area contributed by atoms with Gasteiger partial charge in [0.2, 0.25) is 11.8 Å². The Morgan fingerprint density at radius 2 is 1.69 bits per heavy atom. The average Bonchev–Trinajstić information content (AvgIpc) is 2.67. The van der Waals surface area contributed by atoms with Crippen LogP contribution in [0, 0.1) is 0 Å². The molecule has 2 amide bonds. The Labute approximate surface area is 177 Å². The molecule has 156 valence electrons. The summed E-state index contributed by atoms with van der Waals surface area (Å²) in [7, 11) is 3.23. The fourth-order valence-electron chi connectivity index (χ4n) is 2.85. The van der Waals surface area contributed by atoms with E-state index in [9.17, 15) is 9.59 Å².